The quantitative estimate of drug-likeness (QED) is 0.219. The molecule has 2 N–H and O–H groups in total. The molecule has 3 aromatic heterocycles. The molecule has 4 aliphatic rings. The highest BCUT2D eigenvalue weighted by Crippen LogP contribution is 2.32. The van der Waals surface area contributed by atoms with Crippen LogP contribution in [0.15, 0.2) is 147 Å². The number of rotatable bonds is 9. The second kappa shape index (κ2) is 12.9. The molecule has 0 fully saturated rings. The molecule has 262 valence electrons. The fourth-order valence-electron chi connectivity index (χ4n) is 5.92. The molecule has 0 saturated heterocycles. The van der Waals surface area contributed by atoms with Crippen LogP contribution in [0.2, 0.25) is 0 Å². The predicted octanol–water partition coefficient (Wildman–Crippen LogP) is 3.90. The fraction of sp³-hybridized carbons (Fsp3) is 0.0556. The van der Waals surface area contributed by atoms with Crippen molar-refractivity contribution in [1.29, 1.82) is 0 Å². The average Bonchev–Trinajstić information content (AvgIpc) is 3.98. The number of imidazole rings is 1. The number of hydrogen-bond donors (Lipinski definition) is 2. The molecule has 0 spiro atoms. The molecule has 4 aliphatic heterocycles. The van der Waals surface area contributed by atoms with Gasteiger partial charge < -0.3 is 24.8 Å². The summed E-state index contributed by atoms with van der Waals surface area (Å²) in [5.41, 5.74) is 1.89. The van der Waals surface area contributed by atoms with Crippen molar-refractivity contribution in [2.75, 3.05) is 9.80 Å². The van der Waals surface area contributed by atoms with E-state index in [-0.39, 0.29) is 23.7 Å². The van der Waals surface area contributed by atoms with Gasteiger partial charge in [-0.15, -0.1) is 0 Å². The van der Waals surface area contributed by atoms with Gasteiger partial charge in [0.05, 0.1) is 12.7 Å². The zero-order chi connectivity index (χ0) is 35.8. The van der Waals surface area contributed by atoms with Gasteiger partial charge in [-0.05, 0) is 36.4 Å². The van der Waals surface area contributed by atoms with E-state index in [0.29, 0.717) is 51.6 Å². The number of benzene rings is 3. The molecular formula is C36H25N15O3. The van der Waals surface area contributed by atoms with E-state index < -0.39 is 12.3 Å². The van der Waals surface area contributed by atoms with Crippen molar-refractivity contribution in [2.45, 2.75) is 12.3 Å². The van der Waals surface area contributed by atoms with Gasteiger partial charge in [0.15, 0.2) is 23.5 Å². The van der Waals surface area contributed by atoms with E-state index in [4.69, 9.17) is 29.2 Å². The number of fused-ring (bicyclic) bond motifs is 3. The number of anilines is 2. The van der Waals surface area contributed by atoms with E-state index in [9.17, 15) is 0 Å². The van der Waals surface area contributed by atoms with Gasteiger partial charge >= 0.3 is 0 Å². The molecule has 0 radical (unpaired) electrons. The Kier molecular flexibility index (Phi) is 7.38. The van der Waals surface area contributed by atoms with E-state index in [2.05, 4.69) is 45.6 Å². The highest BCUT2D eigenvalue weighted by atomic mass is 16.5. The summed E-state index contributed by atoms with van der Waals surface area (Å²) in [6.45, 7) is 0. The normalized spacial score (nSPS) is 18.1. The van der Waals surface area contributed by atoms with Crippen LogP contribution in [0, 0.1) is 0 Å². The van der Waals surface area contributed by atoms with E-state index in [1.165, 1.54) is 6.33 Å². The molecule has 0 amide bonds. The van der Waals surface area contributed by atoms with Gasteiger partial charge in [0, 0.05) is 0 Å². The Labute approximate surface area is 305 Å². The van der Waals surface area contributed by atoms with Crippen molar-refractivity contribution in [2.24, 2.45) is 20.0 Å². The number of hydrogen-bond acceptors (Lipinski definition) is 17. The second-order valence-corrected chi connectivity index (χ2v) is 11.8. The van der Waals surface area contributed by atoms with Crippen molar-refractivity contribution in [3.63, 3.8) is 0 Å². The summed E-state index contributed by atoms with van der Waals surface area (Å²) < 4.78 is 19.9. The Morgan fingerprint density at radius 3 is 1.56 bits per heavy atom. The molecule has 0 aliphatic carbocycles. The van der Waals surface area contributed by atoms with Crippen LogP contribution in [0.25, 0.3) is 17.1 Å². The van der Waals surface area contributed by atoms with Crippen LogP contribution in [0.4, 0.5) is 11.9 Å². The van der Waals surface area contributed by atoms with Crippen LogP contribution >= 0.6 is 0 Å². The average molecular weight is 716 g/mol. The third kappa shape index (κ3) is 5.55. The Hall–Kier alpha value is -8.02. The first-order valence-corrected chi connectivity index (χ1v) is 16.6. The van der Waals surface area contributed by atoms with Crippen LogP contribution in [0.5, 0.6) is 23.1 Å². The number of nitrogens with zero attached hydrogens (tertiary/aromatic N) is 13. The maximum absolute atomic E-state index is 6.10. The van der Waals surface area contributed by atoms with E-state index in [0.717, 1.165) is 0 Å². The smallest absolute Gasteiger partial charge is 0.250 e. The molecular weight excluding hydrogens is 690 g/mol. The first-order chi connectivity index (χ1) is 26.7. The zero-order valence-corrected chi connectivity index (χ0v) is 27.8. The Balaban J connectivity index is 1.05. The standard InChI is InChI=1S/C36H25N15O3/c1-4-10-22(11-5-1)52-31-25-28(37-16-40-31)49(19-43-25)34-46-35(50-20-44-26-29(50)38-17-41-32(26)53-23-12-6-2-7-13-23)48-36(47-34)51-21-45-27-30(51)39-18-42-33(27)54-24-14-8-3-9-15-24/h1-21,28-29H,(H,37,40)(H,38,41). The van der Waals surface area contributed by atoms with E-state index in [1.54, 1.807) is 46.0 Å². The van der Waals surface area contributed by atoms with Gasteiger partial charge in [0.2, 0.25) is 29.6 Å². The molecule has 2 atom stereocenters. The molecule has 2 unspecified atom stereocenters. The van der Waals surface area contributed by atoms with Crippen molar-refractivity contribution in [1.82, 2.24) is 45.1 Å². The van der Waals surface area contributed by atoms with Crippen LogP contribution in [0.3, 0.4) is 0 Å². The summed E-state index contributed by atoms with van der Waals surface area (Å²) in [6.07, 6.45) is 8.18. The topological polar surface area (TPSA) is 190 Å². The zero-order valence-electron chi connectivity index (χ0n) is 27.8. The number of ether oxygens (including phenoxy) is 3. The van der Waals surface area contributed by atoms with Gasteiger partial charge in [0.25, 0.3) is 5.88 Å². The highest BCUT2D eigenvalue weighted by molar-refractivity contribution is 5.87. The largest absolute Gasteiger partial charge is 0.437 e. The van der Waals surface area contributed by atoms with Gasteiger partial charge in [-0.2, -0.15) is 19.9 Å². The van der Waals surface area contributed by atoms with E-state index >= 15 is 0 Å². The van der Waals surface area contributed by atoms with Crippen LogP contribution in [0.1, 0.15) is 0 Å². The molecule has 18 heteroatoms. The summed E-state index contributed by atoms with van der Waals surface area (Å²) in [4.78, 5) is 49.9. The first-order valence-electron chi connectivity index (χ1n) is 16.6. The summed E-state index contributed by atoms with van der Waals surface area (Å²) in [6, 6.07) is 28.0. The fourth-order valence-corrected chi connectivity index (χ4v) is 5.92. The maximum atomic E-state index is 6.10. The highest BCUT2D eigenvalue weighted by Gasteiger charge is 2.38. The van der Waals surface area contributed by atoms with Gasteiger partial charge in [-0.25, -0.2) is 29.9 Å². The van der Waals surface area contributed by atoms with Crippen molar-refractivity contribution in [3.05, 3.63) is 127 Å². The summed E-state index contributed by atoms with van der Waals surface area (Å²) in [5.74, 6) is 3.48. The SMILES string of the molecule is C1=NC(Oc2ccccc2)=C2N=CN(c3nc(N4C=NC5=C(Oc6ccccc6)N=CNC54)nc(-n4cnc5c(Oc6ccccc6)ncnc54)n3)C2N1. The molecule has 10 rings (SSSR count). The molecule has 54 heavy (non-hydrogen) atoms. The lowest BCUT2D eigenvalue weighted by atomic mass is 10.3. The van der Waals surface area contributed by atoms with Crippen LogP contribution in [-0.4, -0.2) is 72.2 Å². The number of aromatic nitrogens is 7. The van der Waals surface area contributed by atoms with Crippen LogP contribution < -0.4 is 34.6 Å². The number of para-hydroxylation sites is 3. The predicted molar refractivity (Wildman–Crippen MR) is 198 cm³/mol. The summed E-state index contributed by atoms with van der Waals surface area (Å²) >= 11 is 0. The second-order valence-electron chi connectivity index (χ2n) is 11.8. The minimum atomic E-state index is -0.550. The Morgan fingerprint density at radius 2 is 1.02 bits per heavy atom. The minimum absolute atomic E-state index is 0.203. The number of aliphatic imine (C=N–C) groups is 4. The van der Waals surface area contributed by atoms with Gasteiger partial charge in [-0.1, -0.05) is 54.6 Å². The molecule has 0 saturated carbocycles. The Bertz CT molecular complexity index is 2460. The van der Waals surface area contributed by atoms with Crippen molar-refractivity contribution in [3.8, 4) is 29.1 Å². The van der Waals surface area contributed by atoms with Crippen LogP contribution in [-0.2, 0) is 0 Å². The third-order valence-electron chi connectivity index (χ3n) is 8.43. The van der Waals surface area contributed by atoms with Crippen molar-refractivity contribution < 1.29 is 14.2 Å². The van der Waals surface area contributed by atoms with Crippen molar-refractivity contribution >= 4 is 48.4 Å². The molecule has 7 heterocycles. The summed E-state index contributed by atoms with van der Waals surface area (Å²) in [7, 11) is 0. The maximum Gasteiger partial charge on any atom is 0.250 e. The summed E-state index contributed by atoms with van der Waals surface area (Å²) in [5, 5.41) is 6.49. The molecule has 3 aromatic carbocycles. The lowest BCUT2D eigenvalue weighted by Crippen LogP contribution is -2.47. The Morgan fingerprint density at radius 1 is 0.519 bits per heavy atom. The van der Waals surface area contributed by atoms with Gasteiger partial charge in [-0.3, -0.25) is 14.4 Å². The van der Waals surface area contributed by atoms with Gasteiger partial charge in [0.1, 0.15) is 54.0 Å². The molecule has 0 bridgehead atoms. The lowest BCUT2D eigenvalue weighted by Gasteiger charge is -2.28. The van der Waals surface area contributed by atoms with E-state index in [1.807, 2.05) is 91.0 Å². The first kappa shape index (κ1) is 30.8. The molecule has 6 aromatic rings. The lowest BCUT2D eigenvalue weighted by molar-refractivity contribution is 0.403. The molecule has 18 nitrogen and oxygen atoms in total. The third-order valence-corrected chi connectivity index (χ3v) is 8.43. The number of nitrogens with one attached hydrogen (secondary N) is 2. The minimum Gasteiger partial charge on any atom is -0.437 e. The monoisotopic (exact) mass is 715 g/mol.